The third kappa shape index (κ3) is 5.23. The van der Waals surface area contributed by atoms with E-state index in [0.29, 0.717) is 18.2 Å². The third-order valence-electron chi connectivity index (χ3n) is 4.39. The highest BCUT2D eigenvalue weighted by Gasteiger charge is 2.22. The van der Waals surface area contributed by atoms with Crippen LogP contribution < -0.4 is 16.4 Å². The van der Waals surface area contributed by atoms with Crippen LogP contribution in [0.15, 0.2) is 29.3 Å². The van der Waals surface area contributed by atoms with Gasteiger partial charge in [0.25, 0.3) is 0 Å². The van der Waals surface area contributed by atoms with Crippen molar-refractivity contribution >= 4 is 11.9 Å². The molecule has 1 fully saturated rings. The van der Waals surface area contributed by atoms with Gasteiger partial charge in [0.05, 0.1) is 6.54 Å². The lowest BCUT2D eigenvalue weighted by molar-refractivity contribution is 0.1000. The smallest absolute Gasteiger partial charge is 0.248 e. The van der Waals surface area contributed by atoms with Crippen LogP contribution in [0, 0.1) is 0 Å². The van der Waals surface area contributed by atoms with Crippen molar-refractivity contribution in [2.75, 3.05) is 26.2 Å². The molecule has 0 spiro atoms. The molecule has 0 saturated carbocycles. The van der Waals surface area contributed by atoms with Crippen molar-refractivity contribution in [1.82, 2.24) is 15.5 Å². The molecule has 4 N–H and O–H groups in total. The summed E-state index contributed by atoms with van der Waals surface area (Å²) in [5.74, 6) is 0.400. The maximum Gasteiger partial charge on any atom is 0.248 e. The third-order valence-corrected chi connectivity index (χ3v) is 4.39. The summed E-state index contributed by atoms with van der Waals surface area (Å²) in [4.78, 5) is 18.4. The molecule has 1 heterocycles. The standard InChI is InChI=1S/C18H29N5O/c1-3-20-18(22-13-16-9-6-10-23(16)4-2)21-12-14-7-5-8-15(11-14)17(19)24/h5,7-8,11,16H,3-4,6,9-10,12-13H2,1-2H3,(H2,19,24)(H2,20,21,22). The number of nitrogens with zero attached hydrogens (tertiary/aromatic N) is 2. The van der Waals surface area contributed by atoms with Crippen molar-refractivity contribution < 1.29 is 4.79 Å². The Morgan fingerprint density at radius 2 is 2.21 bits per heavy atom. The first-order valence-corrected chi connectivity index (χ1v) is 8.79. The maximum absolute atomic E-state index is 11.3. The van der Waals surface area contributed by atoms with Crippen LogP contribution in [0.5, 0.6) is 0 Å². The predicted molar refractivity (Wildman–Crippen MR) is 98.0 cm³/mol. The van der Waals surface area contributed by atoms with E-state index in [1.807, 2.05) is 12.1 Å². The van der Waals surface area contributed by atoms with Crippen LogP contribution in [-0.2, 0) is 6.54 Å². The molecule has 1 saturated heterocycles. The van der Waals surface area contributed by atoms with Gasteiger partial charge in [0, 0.05) is 24.7 Å². The normalized spacial score (nSPS) is 18.6. The highest BCUT2D eigenvalue weighted by molar-refractivity contribution is 5.92. The lowest BCUT2D eigenvalue weighted by Gasteiger charge is -2.24. The number of aliphatic imine (C=N–C) groups is 1. The van der Waals surface area contributed by atoms with E-state index in [-0.39, 0.29) is 0 Å². The summed E-state index contributed by atoms with van der Waals surface area (Å²) < 4.78 is 0. The Labute approximate surface area is 144 Å². The zero-order chi connectivity index (χ0) is 17.4. The van der Waals surface area contributed by atoms with Crippen molar-refractivity contribution in [3.8, 4) is 0 Å². The van der Waals surface area contributed by atoms with Crippen LogP contribution in [0.2, 0.25) is 0 Å². The lowest BCUT2D eigenvalue weighted by atomic mass is 10.1. The maximum atomic E-state index is 11.3. The first-order valence-electron chi connectivity index (χ1n) is 8.79. The number of benzene rings is 1. The zero-order valence-corrected chi connectivity index (χ0v) is 14.7. The fraction of sp³-hybridized carbons (Fsp3) is 0.556. The van der Waals surface area contributed by atoms with Crippen LogP contribution >= 0.6 is 0 Å². The molecule has 0 aliphatic carbocycles. The second-order valence-electron chi connectivity index (χ2n) is 6.07. The van der Waals surface area contributed by atoms with Gasteiger partial charge >= 0.3 is 0 Å². The van der Waals surface area contributed by atoms with Crippen LogP contribution in [0.25, 0.3) is 0 Å². The minimum atomic E-state index is -0.410. The van der Waals surface area contributed by atoms with Crippen LogP contribution in [0.4, 0.5) is 0 Å². The molecule has 24 heavy (non-hydrogen) atoms. The Morgan fingerprint density at radius 1 is 1.38 bits per heavy atom. The minimum Gasteiger partial charge on any atom is -0.366 e. The number of hydrogen-bond acceptors (Lipinski definition) is 3. The van der Waals surface area contributed by atoms with E-state index in [1.54, 1.807) is 12.1 Å². The van der Waals surface area contributed by atoms with Gasteiger partial charge in [-0.3, -0.25) is 9.69 Å². The minimum absolute atomic E-state index is 0.410. The molecule has 1 aromatic carbocycles. The number of carbonyl (C=O) groups is 1. The van der Waals surface area contributed by atoms with E-state index >= 15 is 0 Å². The summed E-state index contributed by atoms with van der Waals surface area (Å²) in [5, 5.41) is 6.72. The van der Waals surface area contributed by atoms with E-state index < -0.39 is 5.91 Å². The summed E-state index contributed by atoms with van der Waals surface area (Å²) in [6, 6.07) is 7.89. The van der Waals surface area contributed by atoms with Crippen LogP contribution in [0.3, 0.4) is 0 Å². The summed E-state index contributed by atoms with van der Waals surface area (Å²) in [6.45, 7) is 8.79. The summed E-state index contributed by atoms with van der Waals surface area (Å²) in [5.41, 5.74) is 6.82. The number of guanidine groups is 1. The van der Waals surface area contributed by atoms with Gasteiger partial charge in [-0.1, -0.05) is 19.1 Å². The number of likely N-dealkylation sites (N-methyl/N-ethyl adjacent to an activating group) is 1. The number of carbonyl (C=O) groups excluding carboxylic acids is 1. The largest absolute Gasteiger partial charge is 0.366 e. The van der Waals surface area contributed by atoms with Gasteiger partial charge in [0.15, 0.2) is 5.96 Å². The Kier molecular flexibility index (Phi) is 7.06. The first-order chi connectivity index (χ1) is 11.6. The number of amides is 1. The van der Waals surface area contributed by atoms with Crippen molar-refractivity contribution in [3.63, 3.8) is 0 Å². The Bertz CT molecular complexity index is 572. The average Bonchev–Trinajstić information content (AvgIpc) is 3.05. The van der Waals surface area contributed by atoms with Crippen molar-refractivity contribution in [2.45, 2.75) is 39.3 Å². The average molecular weight is 331 g/mol. The van der Waals surface area contributed by atoms with Crippen molar-refractivity contribution in [1.29, 1.82) is 0 Å². The van der Waals surface area contributed by atoms with Crippen LogP contribution in [0.1, 0.15) is 42.6 Å². The molecular weight excluding hydrogens is 302 g/mol. The second-order valence-corrected chi connectivity index (χ2v) is 6.07. The van der Waals surface area contributed by atoms with E-state index in [0.717, 1.165) is 31.2 Å². The van der Waals surface area contributed by atoms with Crippen molar-refractivity contribution in [2.24, 2.45) is 10.7 Å². The van der Waals surface area contributed by atoms with Gasteiger partial charge in [0.1, 0.15) is 0 Å². The van der Waals surface area contributed by atoms with Crippen molar-refractivity contribution in [3.05, 3.63) is 35.4 Å². The molecule has 1 aliphatic heterocycles. The molecule has 1 aromatic rings. The fourth-order valence-corrected chi connectivity index (χ4v) is 3.09. The summed E-state index contributed by atoms with van der Waals surface area (Å²) in [6.07, 6.45) is 2.51. The van der Waals surface area contributed by atoms with Gasteiger partial charge in [0.2, 0.25) is 5.91 Å². The van der Waals surface area contributed by atoms with Gasteiger partial charge in [-0.25, -0.2) is 4.99 Å². The summed E-state index contributed by atoms with van der Waals surface area (Å²) in [7, 11) is 0. The number of nitrogens with two attached hydrogens (primary N) is 1. The van der Waals surface area contributed by atoms with Gasteiger partial charge < -0.3 is 16.4 Å². The fourth-order valence-electron chi connectivity index (χ4n) is 3.09. The number of primary amides is 1. The van der Waals surface area contributed by atoms with E-state index in [9.17, 15) is 4.79 Å². The van der Waals surface area contributed by atoms with E-state index in [2.05, 4.69) is 34.4 Å². The quantitative estimate of drug-likeness (QED) is 0.520. The number of rotatable bonds is 7. The highest BCUT2D eigenvalue weighted by Crippen LogP contribution is 2.15. The zero-order valence-electron chi connectivity index (χ0n) is 14.7. The lowest BCUT2D eigenvalue weighted by Crippen LogP contribution is -2.44. The molecule has 132 valence electrons. The Balaban J connectivity index is 1.95. The number of nitrogens with one attached hydrogen (secondary N) is 2. The molecule has 1 aliphatic rings. The molecule has 6 nitrogen and oxygen atoms in total. The number of likely N-dealkylation sites (tertiary alicyclic amines) is 1. The van der Waals surface area contributed by atoms with Gasteiger partial charge in [-0.05, 0) is 50.6 Å². The molecule has 2 rings (SSSR count). The topological polar surface area (TPSA) is 82.7 Å². The highest BCUT2D eigenvalue weighted by atomic mass is 16.1. The molecule has 1 unspecified atom stereocenters. The van der Waals surface area contributed by atoms with E-state index in [1.165, 1.54) is 19.4 Å². The Morgan fingerprint density at radius 3 is 2.92 bits per heavy atom. The first kappa shape index (κ1) is 18.3. The number of hydrogen-bond donors (Lipinski definition) is 3. The molecule has 6 heteroatoms. The van der Waals surface area contributed by atoms with Gasteiger partial charge in [-0.15, -0.1) is 0 Å². The molecule has 1 amide bonds. The van der Waals surface area contributed by atoms with Gasteiger partial charge in [-0.2, -0.15) is 0 Å². The summed E-state index contributed by atoms with van der Waals surface area (Å²) >= 11 is 0. The van der Waals surface area contributed by atoms with Crippen LogP contribution in [-0.4, -0.2) is 49.0 Å². The van der Waals surface area contributed by atoms with E-state index in [4.69, 9.17) is 5.73 Å². The predicted octanol–water partition coefficient (Wildman–Crippen LogP) is 1.32. The molecule has 0 radical (unpaired) electrons. The second kappa shape index (κ2) is 9.27. The SMILES string of the molecule is CCNC(=NCc1cccc(C(N)=O)c1)NCC1CCCN1CC. The molecule has 0 bridgehead atoms. The molecule has 0 aromatic heterocycles. The molecule has 1 atom stereocenters. The Hall–Kier alpha value is -2.08. The molecular formula is C18H29N5O. The monoisotopic (exact) mass is 331 g/mol.